The lowest BCUT2D eigenvalue weighted by atomic mass is 10.2. The van der Waals surface area contributed by atoms with Crippen LogP contribution in [0, 0.1) is 6.92 Å². The number of hydrogen-bond acceptors (Lipinski definition) is 5. The largest absolute Gasteiger partial charge is 0.281 e. The first-order valence-corrected chi connectivity index (χ1v) is 9.38. The summed E-state index contributed by atoms with van der Waals surface area (Å²) in [4.78, 5) is -0.0429. The summed E-state index contributed by atoms with van der Waals surface area (Å²) >= 11 is 0. The van der Waals surface area contributed by atoms with Crippen LogP contribution >= 0.6 is 0 Å². The van der Waals surface area contributed by atoms with Gasteiger partial charge in [0.1, 0.15) is 4.90 Å². The highest BCUT2D eigenvalue weighted by atomic mass is 32.2. The summed E-state index contributed by atoms with van der Waals surface area (Å²) in [6.07, 6.45) is 1.75. The molecule has 0 radical (unpaired) electrons. The summed E-state index contributed by atoms with van der Waals surface area (Å²) in [5, 5.41) is 11.4. The number of hydrogen-bond donors (Lipinski definition) is 2. The monoisotopic (exact) mass is 342 g/mol. The molecular formula is C12H14N4O4S2. The molecule has 0 spiro atoms. The van der Waals surface area contributed by atoms with E-state index in [4.69, 9.17) is 5.14 Å². The van der Waals surface area contributed by atoms with Gasteiger partial charge < -0.3 is 0 Å². The Kier molecular flexibility index (Phi) is 3.27. The molecule has 0 saturated carbocycles. The Morgan fingerprint density at radius 2 is 2.00 bits per heavy atom. The molecule has 0 aliphatic carbocycles. The quantitative estimate of drug-likeness (QED) is 0.819. The topological polar surface area (TPSA) is 126 Å². The van der Waals surface area contributed by atoms with Gasteiger partial charge in [-0.1, -0.05) is 6.07 Å². The first kappa shape index (κ1) is 15.0. The first-order valence-electron chi connectivity index (χ1n) is 6.40. The molecule has 2 aromatic rings. The van der Waals surface area contributed by atoms with Crippen molar-refractivity contribution in [2.75, 3.05) is 10.8 Å². The van der Waals surface area contributed by atoms with E-state index in [0.29, 0.717) is 17.8 Å². The zero-order valence-electron chi connectivity index (χ0n) is 11.6. The lowest BCUT2D eigenvalue weighted by molar-refractivity contribution is 0.590. The van der Waals surface area contributed by atoms with Crippen LogP contribution in [0.5, 0.6) is 0 Å². The zero-order valence-corrected chi connectivity index (χ0v) is 13.3. The number of rotatable bonds is 3. The molecule has 0 atom stereocenters. The van der Waals surface area contributed by atoms with E-state index in [9.17, 15) is 16.8 Å². The van der Waals surface area contributed by atoms with E-state index in [1.54, 1.807) is 13.0 Å². The van der Waals surface area contributed by atoms with Gasteiger partial charge >= 0.3 is 0 Å². The fourth-order valence-corrected chi connectivity index (χ4v) is 4.62. The average molecular weight is 342 g/mol. The van der Waals surface area contributed by atoms with Crippen molar-refractivity contribution in [2.45, 2.75) is 23.1 Å². The number of aryl methyl sites for hydroxylation is 1. The average Bonchev–Trinajstić information content (AvgIpc) is 3.03. The molecule has 1 aliphatic rings. The Bertz CT molecular complexity index is 947. The van der Waals surface area contributed by atoms with Crippen LogP contribution in [0.1, 0.15) is 11.3 Å². The van der Waals surface area contributed by atoms with Gasteiger partial charge in [0, 0.05) is 6.54 Å². The Morgan fingerprint density at radius 3 is 2.59 bits per heavy atom. The van der Waals surface area contributed by atoms with Crippen LogP contribution in [0.25, 0.3) is 0 Å². The van der Waals surface area contributed by atoms with Gasteiger partial charge in [0.2, 0.25) is 10.0 Å². The van der Waals surface area contributed by atoms with Gasteiger partial charge in [0.15, 0.2) is 0 Å². The predicted octanol–water partition coefficient (Wildman–Crippen LogP) is 0.117. The molecule has 0 fully saturated rings. The van der Waals surface area contributed by atoms with Crippen LogP contribution in [-0.2, 0) is 26.5 Å². The second kappa shape index (κ2) is 4.80. The summed E-state index contributed by atoms with van der Waals surface area (Å²) in [5.41, 5.74) is 1.53. The van der Waals surface area contributed by atoms with Crippen molar-refractivity contribution in [1.82, 2.24) is 10.2 Å². The van der Waals surface area contributed by atoms with Crippen molar-refractivity contribution in [3.8, 4) is 0 Å². The highest BCUT2D eigenvalue weighted by Crippen LogP contribution is 2.34. The van der Waals surface area contributed by atoms with E-state index >= 15 is 0 Å². The van der Waals surface area contributed by atoms with Crippen molar-refractivity contribution in [2.24, 2.45) is 5.14 Å². The molecule has 8 nitrogen and oxygen atoms in total. The van der Waals surface area contributed by atoms with Gasteiger partial charge in [-0.15, -0.1) is 0 Å². The molecular weight excluding hydrogens is 328 g/mol. The van der Waals surface area contributed by atoms with E-state index in [1.807, 2.05) is 0 Å². The van der Waals surface area contributed by atoms with Crippen molar-refractivity contribution in [3.63, 3.8) is 0 Å². The second-order valence-electron chi connectivity index (χ2n) is 5.02. The highest BCUT2D eigenvalue weighted by molar-refractivity contribution is 7.93. The molecule has 0 amide bonds. The molecule has 0 saturated heterocycles. The highest BCUT2D eigenvalue weighted by Gasteiger charge is 2.33. The molecule has 1 aliphatic heterocycles. The van der Waals surface area contributed by atoms with Gasteiger partial charge in [-0.05, 0) is 31.0 Å². The lowest BCUT2D eigenvalue weighted by Gasteiger charge is -2.19. The number of aromatic amines is 1. The van der Waals surface area contributed by atoms with Gasteiger partial charge in [0.05, 0.1) is 22.5 Å². The third-order valence-electron chi connectivity index (χ3n) is 3.59. The fourth-order valence-electron chi connectivity index (χ4n) is 2.47. The van der Waals surface area contributed by atoms with Gasteiger partial charge in [-0.2, -0.15) is 5.10 Å². The normalized spacial score (nSPS) is 15.1. The molecule has 118 valence electrons. The zero-order chi connectivity index (χ0) is 16.1. The van der Waals surface area contributed by atoms with Crippen molar-refractivity contribution in [3.05, 3.63) is 35.7 Å². The predicted molar refractivity (Wildman–Crippen MR) is 79.4 cm³/mol. The van der Waals surface area contributed by atoms with Gasteiger partial charge in [0.25, 0.3) is 10.0 Å². The number of fused-ring (bicyclic) bond motifs is 1. The van der Waals surface area contributed by atoms with E-state index in [-0.39, 0.29) is 16.3 Å². The number of anilines is 1. The number of nitrogens with zero attached hydrogens (tertiary/aromatic N) is 2. The van der Waals surface area contributed by atoms with Crippen LogP contribution in [0.3, 0.4) is 0 Å². The fraction of sp³-hybridized carbons (Fsp3) is 0.250. The van der Waals surface area contributed by atoms with Crippen molar-refractivity contribution >= 4 is 25.7 Å². The SMILES string of the molecule is Cc1[nH]ncc1S(=O)(=O)N1CCc2ccc(S(N)(=O)=O)cc21. The van der Waals surface area contributed by atoms with Crippen molar-refractivity contribution in [1.29, 1.82) is 0 Å². The summed E-state index contributed by atoms with van der Waals surface area (Å²) in [7, 11) is -7.69. The van der Waals surface area contributed by atoms with E-state index in [2.05, 4.69) is 10.2 Å². The second-order valence-corrected chi connectivity index (χ2v) is 8.41. The minimum absolute atomic E-state index is 0.0707. The van der Waals surface area contributed by atoms with Crippen LogP contribution in [0.15, 0.2) is 34.2 Å². The molecule has 10 heteroatoms. The summed E-state index contributed by atoms with van der Waals surface area (Å²) in [5.74, 6) is 0. The van der Waals surface area contributed by atoms with E-state index in [0.717, 1.165) is 5.56 Å². The third kappa shape index (κ3) is 2.28. The van der Waals surface area contributed by atoms with Crippen molar-refractivity contribution < 1.29 is 16.8 Å². The molecule has 22 heavy (non-hydrogen) atoms. The first-order chi connectivity index (χ1) is 10.2. The Hall–Kier alpha value is -1.91. The Balaban J connectivity index is 2.14. The summed E-state index contributed by atoms with van der Waals surface area (Å²) in [6.45, 7) is 1.86. The van der Waals surface area contributed by atoms with E-state index < -0.39 is 20.0 Å². The maximum Gasteiger partial charge on any atom is 0.267 e. The lowest BCUT2D eigenvalue weighted by Crippen LogP contribution is -2.29. The minimum Gasteiger partial charge on any atom is -0.281 e. The standard InChI is InChI=1S/C12H14N4O4S2/c1-8-12(7-14-15-8)22(19,20)16-5-4-9-2-3-10(6-11(9)16)21(13,17)18/h2-3,6-7H,4-5H2,1H3,(H,14,15)(H2,13,17,18). The smallest absolute Gasteiger partial charge is 0.267 e. The number of benzene rings is 1. The maximum absolute atomic E-state index is 12.7. The van der Waals surface area contributed by atoms with Crippen LogP contribution in [0.4, 0.5) is 5.69 Å². The van der Waals surface area contributed by atoms with E-state index in [1.165, 1.54) is 22.6 Å². The number of primary sulfonamides is 1. The van der Waals surface area contributed by atoms with Gasteiger partial charge in [-0.25, -0.2) is 22.0 Å². The number of aromatic nitrogens is 2. The van der Waals surface area contributed by atoms with Crippen LogP contribution < -0.4 is 9.44 Å². The third-order valence-corrected chi connectivity index (χ3v) is 6.43. The van der Waals surface area contributed by atoms with Gasteiger partial charge in [-0.3, -0.25) is 9.40 Å². The molecule has 0 bridgehead atoms. The number of sulfonamides is 2. The molecule has 1 aromatic carbocycles. The Labute approximate surface area is 128 Å². The summed E-state index contributed by atoms with van der Waals surface area (Å²) < 4.78 is 49.6. The molecule has 2 heterocycles. The minimum atomic E-state index is -3.90. The maximum atomic E-state index is 12.7. The number of nitrogens with one attached hydrogen (secondary N) is 1. The summed E-state index contributed by atoms with van der Waals surface area (Å²) in [6, 6.07) is 4.27. The molecule has 1 aromatic heterocycles. The van der Waals surface area contributed by atoms with Crippen LogP contribution in [0.2, 0.25) is 0 Å². The molecule has 3 rings (SSSR count). The number of H-pyrrole nitrogens is 1. The molecule has 0 unspecified atom stereocenters. The number of nitrogens with two attached hydrogens (primary N) is 1. The molecule has 3 N–H and O–H groups in total. The Morgan fingerprint density at radius 1 is 1.27 bits per heavy atom. The van der Waals surface area contributed by atoms with Crippen LogP contribution in [-0.4, -0.2) is 33.6 Å².